The van der Waals surface area contributed by atoms with E-state index in [0.717, 1.165) is 69.1 Å². The summed E-state index contributed by atoms with van der Waals surface area (Å²) in [4.78, 5) is 41.6. The van der Waals surface area contributed by atoms with E-state index in [1.54, 1.807) is 11.3 Å². The van der Waals surface area contributed by atoms with Crippen molar-refractivity contribution in [1.29, 1.82) is 0 Å². The van der Waals surface area contributed by atoms with Gasteiger partial charge in [-0.15, -0.1) is 11.3 Å². The highest BCUT2D eigenvalue weighted by molar-refractivity contribution is 7.12. The van der Waals surface area contributed by atoms with E-state index in [4.69, 9.17) is 21.8 Å². The Morgan fingerprint density at radius 3 is 2.26 bits per heavy atom. The van der Waals surface area contributed by atoms with Crippen molar-refractivity contribution in [3.63, 3.8) is 0 Å². The van der Waals surface area contributed by atoms with Crippen LogP contribution in [0, 0.1) is 6.92 Å². The molecule has 2 aliphatic rings. The van der Waals surface area contributed by atoms with E-state index in [2.05, 4.69) is 39.8 Å². The van der Waals surface area contributed by atoms with Gasteiger partial charge in [0, 0.05) is 71.9 Å². The minimum Gasteiger partial charge on any atom is -0.478 e. The monoisotopic (exact) mass is 575 g/mol. The lowest BCUT2D eigenvalue weighted by molar-refractivity contribution is -0.134. The van der Waals surface area contributed by atoms with E-state index in [0.29, 0.717) is 12.2 Å². The predicted octanol–water partition coefficient (Wildman–Crippen LogP) is 5.19. The first-order valence-corrected chi connectivity index (χ1v) is 14.7. The highest BCUT2D eigenvalue weighted by Crippen LogP contribution is 2.27. The molecule has 4 rings (SSSR count). The van der Waals surface area contributed by atoms with Gasteiger partial charge in [0.15, 0.2) is 0 Å². The molecule has 3 heterocycles. The zero-order valence-corrected chi connectivity index (χ0v) is 24.1. The second-order valence-corrected chi connectivity index (χ2v) is 11.6. The molecule has 0 unspecified atom stereocenters. The average molecular weight is 576 g/mol. The Hall–Kier alpha value is -2.88. The summed E-state index contributed by atoms with van der Waals surface area (Å²) in [6, 6.07) is 10.3. The molecule has 1 aromatic heterocycles. The van der Waals surface area contributed by atoms with Gasteiger partial charge in [-0.3, -0.25) is 9.69 Å². The number of amides is 1. The third kappa shape index (κ3) is 10.3. The molecule has 1 aromatic carbocycles. The molecule has 2 N–H and O–H groups in total. The minimum atomic E-state index is -1.26. The summed E-state index contributed by atoms with van der Waals surface area (Å²) in [5.41, 5.74) is 2.21. The molecule has 0 atom stereocenters. The van der Waals surface area contributed by atoms with Crippen LogP contribution in [-0.2, 0) is 16.0 Å². The number of nitrogens with zero attached hydrogens (tertiary/aromatic N) is 3. The molecular weight excluding hydrogens is 538 g/mol. The lowest BCUT2D eigenvalue weighted by atomic mass is 10.1. The van der Waals surface area contributed by atoms with Crippen LogP contribution < -0.4 is 4.90 Å². The molecule has 1 saturated heterocycles. The van der Waals surface area contributed by atoms with E-state index in [9.17, 15) is 14.4 Å². The number of aliphatic carboxylic acids is 2. The van der Waals surface area contributed by atoms with Crippen LogP contribution in [0.25, 0.3) is 0 Å². The zero-order valence-electron chi connectivity index (χ0n) is 22.5. The van der Waals surface area contributed by atoms with Gasteiger partial charge in [-0.25, -0.2) is 9.59 Å². The summed E-state index contributed by atoms with van der Waals surface area (Å²) in [7, 11) is 0. The summed E-state index contributed by atoms with van der Waals surface area (Å²) in [6.45, 7) is 9.50. The van der Waals surface area contributed by atoms with Crippen molar-refractivity contribution in [3.8, 4) is 0 Å². The molecule has 10 heteroatoms. The molecule has 2 aliphatic heterocycles. The van der Waals surface area contributed by atoms with E-state index < -0.39 is 11.9 Å². The number of benzene rings is 1. The molecule has 0 saturated carbocycles. The summed E-state index contributed by atoms with van der Waals surface area (Å²) in [5.74, 6) is -2.26. The number of hydrogen-bond acceptors (Lipinski definition) is 6. The molecule has 0 bridgehead atoms. The number of thiophene rings is 1. The third-order valence-corrected chi connectivity index (χ3v) is 8.19. The number of piperazine rings is 1. The second-order valence-electron chi connectivity index (χ2n) is 9.82. The molecule has 39 heavy (non-hydrogen) atoms. The van der Waals surface area contributed by atoms with Crippen LogP contribution >= 0.6 is 22.9 Å². The Bertz CT molecular complexity index is 1130. The molecule has 1 fully saturated rings. The van der Waals surface area contributed by atoms with Crippen molar-refractivity contribution in [1.82, 2.24) is 9.80 Å². The fraction of sp³-hybridized carbons (Fsp3) is 0.483. The van der Waals surface area contributed by atoms with Crippen LogP contribution in [0.4, 0.5) is 5.69 Å². The van der Waals surface area contributed by atoms with Crippen molar-refractivity contribution < 1.29 is 24.6 Å². The number of carbonyl (C=O) groups is 3. The number of anilines is 1. The molecule has 0 radical (unpaired) electrons. The number of hydrogen-bond donors (Lipinski definition) is 2. The highest BCUT2D eigenvalue weighted by atomic mass is 35.5. The molecular formula is C29H38ClN3O5S. The maximum absolute atomic E-state index is 12.8. The van der Waals surface area contributed by atoms with Crippen LogP contribution in [0.1, 0.15) is 52.2 Å². The first-order chi connectivity index (χ1) is 18.7. The Morgan fingerprint density at radius 1 is 0.949 bits per heavy atom. The molecule has 2 aromatic rings. The SMILES string of the molecule is Cc1cc2c(s1)CCCN(CCCCCCN1CCN(c3cccc(Cl)c3)CC1)C2=O.O=C(O)C=CC(=O)O. The largest absolute Gasteiger partial charge is 0.478 e. The van der Waals surface area contributed by atoms with Crippen molar-refractivity contribution in [3.05, 3.63) is 62.8 Å². The predicted molar refractivity (Wildman–Crippen MR) is 156 cm³/mol. The van der Waals surface area contributed by atoms with Gasteiger partial charge in [-0.1, -0.05) is 30.5 Å². The van der Waals surface area contributed by atoms with Crippen LogP contribution in [-0.4, -0.2) is 83.7 Å². The van der Waals surface area contributed by atoms with E-state index in [1.165, 1.54) is 41.2 Å². The van der Waals surface area contributed by atoms with Gasteiger partial charge in [-0.2, -0.15) is 0 Å². The second kappa shape index (κ2) is 15.6. The first kappa shape index (κ1) is 30.7. The Labute approximate surface area is 239 Å². The van der Waals surface area contributed by atoms with Gasteiger partial charge < -0.3 is 20.0 Å². The number of carboxylic acids is 2. The Balaban J connectivity index is 0.000000459. The zero-order chi connectivity index (χ0) is 28.2. The van der Waals surface area contributed by atoms with Gasteiger partial charge in [0.2, 0.25) is 0 Å². The highest BCUT2D eigenvalue weighted by Gasteiger charge is 2.23. The van der Waals surface area contributed by atoms with Gasteiger partial charge in [-0.05, 0) is 63.4 Å². The number of halogens is 1. The summed E-state index contributed by atoms with van der Waals surface area (Å²) in [6.07, 6.45) is 8.10. The van der Waals surface area contributed by atoms with Gasteiger partial charge in [0.05, 0.1) is 5.56 Å². The molecule has 8 nitrogen and oxygen atoms in total. The minimum absolute atomic E-state index is 0.259. The summed E-state index contributed by atoms with van der Waals surface area (Å²) in [5, 5.41) is 16.4. The van der Waals surface area contributed by atoms with Crippen LogP contribution in [0.15, 0.2) is 42.5 Å². The lowest BCUT2D eigenvalue weighted by Crippen LogP contribution is -2.46. The Kier molecular flexibility index (Phi) is 12.3. The number of carbonyl (C=O) groups excluding carboxylic acids is 1. The van der Waals surface area contributed by atoms with Gasteiger partial charge in [0.1, 0.15) is 0 Å². The van der Waals surface area contributed by atoms with Crippen molar-refractivity contribution in [2.75, 3.05) is 50.7 Å². The average Bonchev–Trinajstić information content (AvgIpc) is 3.22. The first-order valence-electron chi connectivity index (χ1n) is 13.5. The third-order valence-electron chi connectivity index (χ3n) is 6.85. The molecule has 0 spiro atoms. The fourth-order valence-electron chi connectivity index (χ4n) is 4.88. The topological polar surface area (TPSA) is 101 Å². The van der Waals surface area contributed by atoms with E-state index in [-0.39, 0.29) is 5.91 Å². The summed E-state index contributed by atoms with van der Waals surface area (Å²) >= 11 is 7.93. The van der Waals surface area contributed by atoms with Crippen LogP contribution in [0.2, 0.25) is 5.02 Å². The fourth-order valence-corrected chi connectivity index (χ4v) is 6.13. The molecule has 1 amide bonds. The van der Waals surface area contributed by atoms with E-state index in [1.807, 2.05) is 12.1 Å². The van der Waals surface area contributed by atoms with Crippen molar-refractivity contribution >= 4 is 46.5 Å². The van der Waals surface area contributed by atoms with Gasteiger partial charge in [0.25, 0.3) is 5.91 Å². The normalized spacial score (nSPS) is 16.0. The van der Waals surface area contributed by atoms with Crippen molar-refractivity contribution in [2.45, 2.75) is 45.4 Å². The molecule has 212 valence electrons. The number of fused-ring (bicyclic) bond motifs is 1. The maximum atomic E-state index is 12.8. The number of aryl methyl sites for hydroxylation is 2. The standard InChI is InChI=1S/C25H34ClN3OS.C4H4O4/c1-20-18-23-24(31-20)10-7-13-29(25(23)30)12-5-3-2-4-11-27-14-16-28(17-15-27)22-9-6-8-21(26)19-22;5-3(6)1-2-4(7)8/h6,8-9,18-19H,2-5,7,10-17H2,1H3;1-2H,(H,5,6)(H,7,8). The maximum Gasteiger partial charge on any atom is 0.328 e. The summed E-state index contributed by atoms with van der Waals surface area (Å²) < 4.78 is 0. The van der Waals surface area contributed by atoms with Crippen LogP contribution in [0.3, 0.4) is 0 Å². The van der Waals surface area contributed by atoms with Gasteiger partial charge >= 0.3 is 11.9 Å². The lowest BCUT2D eigenvalue weighted by Gasteiger charge is -2.36. The number of unbranched alkanes of at least 4 members (excludes halogenated alkanes) is 3. The van der Waals surface area contributed by atoms with Crippen molar-refractivity contribution in [2.24, 2.45) is 0 Å². The number of carboxylic acid groups (broad SMARTS) is 2. The van der Waals surface area contributed by atoms with E-state index >= 15 is 0 Å². The quantitative estimate of drug-likeness (QED) is 0.297. The smallest absolute Gasteiger partial charge is 0.328 e. The Morgan fingerprint density at radius 2 is 1.62 bits per heavy atom. The molecule has 0 aliphatic carbocycles. The number of rotatable bonds is 10. The van der Waals surface area contributed by atoms with Crippen LogP contribution in [0.5, 0.6) is 0 Å².